The third-order valence-electron chi connectivity index (χ3n) is 1.59. The number of nitrogens with two attached hydrogens (primary N) is 1. The van der Waals surface area contributed by atoms with E-state index in [4.69, 9.17) is 10.8 Å². The van der Waals surface area contributed by atoms with Crippen LogP contribution < -0.4 is 11.1 Å². The molecule has 5 heteroatoms. The summed E-state index contributed by atoms with van der Waals surface area (Å²) in [5, 5.41) is 11.1. The van der Waals surface area contributed by atoms with Crippen LogP contribution in [0, 0.1) is 5.92 Å². The van der Waals surface area contributed by atoms with Crippen molar-refractivity contribution in [3.63, 3.8) is 0 Å². The minimum Gasteiger partial charge on any atom is -0.480 e. The lowest BCUT2D eigenvalue weighted by Gasteiger charge is -2.11. The highest BCUT2D eigenvalue weighted by molar-refractivity contribution is 5.76. The summed E-state index contributed by atoms with van der Waals surface area (Å²) in [4.78, 5) is 20.8. The zero-order valence-electron chi connectivity index (χ0n) is 7.20. The number of carboxylic acid groups (broad SMARTS) is 1. The normalized spacial score (nSPS) is 15.2. The van der Waals surface area contributed by atoms with Crippen molar-refractivity contribution in [2.24, 2.45) is 11.7 Å². The smallest absolute Gasteiger partial charge is 0.320 e. The molecule has 0 radical (unpaired) electrons. The van der Waals surface area contributed by atoms with E-state index in [0.717, 1.165) is 0 Å². The number of primary amides is 1. The molecule has 1 unspecified atom stereocenters. The summed E-state index contributed by atoms with van der Waals surface area (Å²) in [6.07, 6.45) is 0. The van der Waals surface area contributed by atoms with Gasteiger partial charge in [-0.05, 0) is 6.92 Å². The number of aliphatic carboxylic acids is 1. The van der Waals surface area contributed by atoms with Crippen LogP contribution in [0.2, 0.25) is 0 Å². The summed E-state index contributed by atoms with van der Waals surface area (Å²) in [6.45, 7) is 3.45. The molecular formula is C7H14N2O3. The highest BCUT2D eigenvalue weighted by Crippen LogP contribution is 1.91. The van der Waals surface area contributed by atoms with Gasteiger partial charge in [0.05, 0.1) is 0 Å². The lowest BCUT2D eigenvalue weighted by Crippen LogP contribution is -2.39. The minimum atomic E-state index is -0.938. The van der Waals surface area contributed by atoms with Crippen molar-refractivity contribution in [1.29, 1.82) is 0 Å². The summed E-state index contributed by atoms with van der Waals surface area (Å²) in [7, 11) is 0. The Hall–Kier alpha value is -1.10. The van der Waals surface area contributed by atoms with E-state index in [1.165, 1.54) is 6.92 Å². The molecule has 5 nitrogen and oxygen atoms in total. The zero-order valence-corrected chi connectivity index (χ0v) is 7.20. The Labute approximate surface area is 70.9 Å². The quantitative estimate of drug-likeness (QED) is 0.507. The maximum atomic E-state index is 10.5. The molecule has 2 atom stereocenters. The van der Waals surface area contributed by atoms with Crippen molar-refractivity contribution in [2.45, 2.75) is 19.9 Å². The Balaban J connectivity index is 3.68. The Morgan fingerprint density at radius 1 is 1.50 bits per heavy atom. The number of rotatable bonds is 5. The maximum Gasteiger partial charge on any atom is 0.320 e. The van der Waals surface area contributed by atoms with E-state index in [0.29, 0.717) is 6.54 Å². The fourth-order valence-electron chi connectivity index (χ4n) is 0.541. The van der Waals surface area contributed by atoms with E-state index >= 15 is 0 Å². The number of hydrogen-bond donors (Lipinski definition) is 3. The van der Waals surface area contributed by atoms with Crippen LogP contribution in [0.15, 0.2) is 0 Å². The van der Waals surface area contributed by atoms with Crippen molar-refractivity contribution in [1.82, 2.24) is 5.32 Å². The molecule has 0 aromatic carbocycles. The standard InChI is InChI=1S/C7H14N2O3/c1-4(6(8)10)3-9-5(2)7(11)12/h4-5,9H,3H2,1-2H3,(H2,8,10)(H,11,12)/t4?,5-/m0/s1. The SMILES string of the molecule is CC(CN[C@@H](C)C(=O)O)C(N)=O. The van der Waals surface area contributed by atoms with Crippen LogP contribution in [-0.2, 0) is 9.59 Å². The van der Waals surface area contributed by atoms with Gasteiger partial charge < -0.3 is 16.2 Å². The molecule has 70 valence electrons. The molecule has 0 fully saturated rings. The number of amides is 1. The van der Waals surface area contributed by atoms with Gasteiger partial charge in [0.2, 0.25) is 5.91 Å². The number of hydrogen-bond acceptors (Lipinski definition) is 3. The number of carboxylic acids is 1. The predicted molar refractivity (Wildman–Crippen MR) is 43.5 cm³/mol. The Morgan fingerprint density at radius 3 is 2.33 bits per heavy atom. The Bertz CT molecular complexity index is 161. The largest absolute Gasteiger partial charge is 0.480 e. The molecule has 0 bridgehead atoms. The van der Waals surface area contributed by atoms with E-state index in [2.05, 4.69) is 5.32 Å². The second-order valence-corrected chi connectivity index (χ2v) is 2.77. The highest BCUT2D eigenvalue weighted by atomic mass is 16.4. The molecule has 0 spiro atoms. The maximum absolute atomic E-state index is 10.5. The van der Waals surface area contributed by atoms with Gasteiger partial charge >= 0.3 is 5.97 Å². The molecule has 0 saturated carbocycles. The van der Waals surface area contributed by atoms with Crippen molar-refractivity contribution < 1.29 is 14.7 Å². The average molecular weight is 174 g/mol. The predicted octanol–water partition coefficient (Wildman–Crippen LogP) is -0.829. The Kier molecular flexibility index (Phi) is 4.28. The first kappa shape index (κ1) is 10.9. The van der Waals surface area contributed by atoms with Crippen LogP contribution in [-0.4, -0.2) is 29.6 Å². The fraction of sp³-hybridized carbons (Fsp3) is 0.714. The molecule has 0 aromatic heterocycles. The fourth-order valence-corrected chi connectivity index (χ4v) is 0.541. The van der Waals surface area contributed by atoms with Crippen LogP contribution in [0.25, 0.3) is 0 Å². The molecule has 0 heterocycles. The van der Waals surface area contributed by atoms with Crippen LogP contribution in [0.5, 0.6) is 0 Å². The zero-order chi connectivity index (χ0) is 9.72. The second-order valence-electron chi connectivity index (χ2n) is 2.77. The summed E-state index contributed by atoms with van der Waals surface area (Å²) < 4.78 is 0. The summed E-state index contributed by atoms with van der Waals surface area (Å²) >= 11 is 0. The summed E-state index contributed by atoms with van der Waals surface area (Å²) in [5.74, 6) is -1.71. The van der Waals surface area contributed by atoms with Crippen LogP contribution in [0.1, 0.15) is 13.8 Å². The number of nitrogens with one attached hydrogen (secondary N) is 1. The highest BCUT2D eigenvalue weighted by Gasteiger charge is 2.13. The van der Waals surface area contributed by atoms with Gasteiger partial charge in [0.25, 0.3) is 0 Å². The molecule has 12 heavy (non-hydrogen) atoms. The van der Waals surface area contributed by atoms with Gasteiger partial charge in [-0.1, -0.05) is 6.92 Å². The molecule has 1 amide bonds. The van der Waals surface area contributed by atoms with Gasteiger partial charge in [-0.15, -0.1) is 0 Å². The lowest BCUT2D eigenvalue weighted by atomic mass is 10.1. The van der Waals surface area contributed by atoms with Gasteiger partial charge in [0, 0.05) is 12.5 Å². The van der Waals surface area contributed by atoms with Crippen LogP contribution in [0.3, 0.4) is 0 Å². The molecule has 4 N–H and O–H groups in total. The van der Waals surface area contributed by atoms with Gasteiger partial charge in [0.1, 0.15) is 6.04 Å². The molecule has 0 saturated heterocycles. The summed E-state index contributed by atoms with van der Waals surface area (Å²) in [5.41, 5.74) is 4.97. The molecule has 0 aliphatic heterocycles. The van der Waals surface area contributed by atoms with Crippen LogP contribution >= 0.6 is 0 Å². The topological polar surface area (TPSA) is 92.4 Å². The van der Waals surface area contributed by atoms with E-state index < -0.39 is 17.9 Å². The first-order valence-electron chi connectivity index (χ1n) is 3.70. The van der Waals surface area contributed by atoms with Crippen molar-refractivity contribution in [3.8, 4) is 0 Å². The average Bonchev–Trinajstić information content (AvgIpc) is 1.98. The lowest BCUT2D eigenvalue weighted by molar-refractivity contribution is -0.139. The number of carbonyl (C=O) groups excluding carboxylic acids is 1. The Morgan fingerprint density at radius 2 is 2.00 bits per heavy atom. The van der Waals surface area contributed by atoms with Gasteiger partial charge in [-0.25, -0.2) is 0 Å². The first-order chi connectivity index (χ1) is 5.45. The molecule has 0 rings (SSSR count). The molecule has 0 aromatic rings. The third kappa shape index (κ3) is 3.92. The van der Waals surface area contributed by atoms with Crippen molar-refractivity contribution >= 4 is 11.9 Å². The monoisotopic (exact) mass is 174 g/mol. The third-order valence-corrected chi connectivity index (χ3v) is 1.59. The molecule has 0 aliphatic carbocycles. The summed E-state index contributed by atoms with van der Waals surface area (Å²) in [6, 6.07) is -0.646. The van der Waals surface area contributed by atoms with E-state index in [1.54, 1.807) is 6.92 Å². The first-order valence-corrected chi connectivity index (χ1v) is 3.70. The van der Waals surface area contributed by atoms with E-state index in [-0.39, 0.29) is 5.92 Å². The van der Waals surface area contributed by atoms with E-state index in [9.17, 15) is 9.59 Å². The van der Waals surface area contributed by atoms with Gasteiger partial charge in [-0.2, -0.15) is 0 Å². The van der Waals surface area contributed by atoms with E-state index in [1.807, 2.05) is 0 Å². The molecule has 0 aliphatic rings. The number of carbonyl (C=O) groups is 2. The molecular weight excluding hydrogens is 160 g/mol. The van der Waals surface area contributed by atoms with Crippen molar-refractivity contribution in [2.75, 3.05) is 6.54 Å². The van der Waals surface area contributed by atoms with Crippen LogP contribution in [0.4, 0.5) is 0 Å². The van der Waals surface area contributed by atoms with Crippen molar-refractivity contribution in [3.05, 3.63) is 0 Å². The minimum absolute atomic E-state index is 0.294. The van der Waals surface area contributed by atoms with Gasteiger partial charge in [0.15, 0.2) is 0 Å². The van der Waals surface area contributed by atoms with Gasteiger partial charge in [-0.3, -0.25) is 9.59 Å². The second kappa shape index (κ2) is 4.71.